The van der Waals surface area contributed by atoms with Crippen molar-refractivity contribution < 1.29 is 14.3 Å². The lowest BCUT2D eigenvalue weighted by molar-refractivity contribution is -0.124. The number of piperidine rings is 1. The molecule has 3 atom stereocenters. The van der Waals surface area contributed by atoms with Crippen LogP contribution in [-0.2, 0) is 17.9 Å². The molecule has 1 saturated heterocycles. The zero-order chi connectivity index (χ0) is 26.1. The molecule has 196 valence electrons. The highest BCUT2D eigenvalue weighted by atomic mass is 16.5. The number of carbonyl (C=O) groups is 2. The normalized spacial score (nSPS) is 19.4. The highest BCUT2D eigenvalue weighted by Gasteiger charge is 2.37. The first kappa shape index (κ1) is 24.9. The minimum absolute atomic E-state index is 0.0219. The van der Waals surface area contributed by atoms with Crippen molar-refractivity contribution in [1.82, 2.24) is 24.7 Å². The highest BCUT2D eigenvalue weighted by Crippen LogP contribution is 2.35. The predicted octanol–water partition coefficient (Wildman–Crippen LogP) is 2.78. The van der Waals surface area contributed by atoms with E-state index in [4.69, 9.17) is 4.74 Å². The third-order valence-electron chi connectivity index (χ3n) is 7.64. The van der Waals surface area contributed by atoms with Crippen LogP contribution in [0, 0.1) is 11.8 Å². The molecular formula is C28H35N5O4. The quantitative estimate of drug-likeness (QED) is 0.516. The number of urea groups is 1. The van der Waals surface area contributed by atoms with Crippen LogP contribution in [0.15, 0.2) is 53.5 Å². The van der Waals surface area contributed by atoms with Crippen molar-refractivity contribution >= 4 is 22.8 Å². The largest absolute Gasteiger partial charge is 0.496 e. The molecule has 0 spiro atoms. The van der Waals surface area contributed by atoms with Gasteiger partial charge in [-0.3, -0.25) is 9.59 Å². The number of fused-ring (bicyclic) bond motifs is 5. The fraction of sp³-hybridized carbons (Fsp3) is 0.464. The van der Waals surface area contributed by atoms with E-state index in [-0.39, 0.29) is 35.3 Å². The number of nitrogens with zero attached hydrogens (tertiary/aromatic N) is 3. The van der Waals surface area contributed by atoms with E-state index in [1.165, 1.54) is 0 Å². The molecule has 37 heavy (non-hydrogen) atoms. The molecule has 2 aliphatic heterocycles. The molecule has 0 saturated carbocycles. The number of nitrogens with one attached hydrogen (secondary N) is 2. The Hall–Kier alpha value is -3.75. The lowest BCUT2D eigenvalue weighted by atomic mass is 9.83. The maximum Gasteiger partial charge on any atom is 0.318 e. The van der Waals surface area contributed by atoms with Crippen molar-refractivity contribution in [1.29, 1.82) is 0 Å². The number of benzene rings is 1. The van der Waals surface area contributed by atoms with Gasteiger partial charge in [0.15, 0.2) is 0 Å². The Kier molecular flexibility index (Phi) is 6.95. The number of carbonyl (C=O) groups excluding carboxylic acids is 2. The molecule has 5 rings (SSSR count). The van der Waals surface area contributed by atoms with Gasteiger partial charge in [-0.25, -0.2) is 4.79 Å². The van der Waals surface area contributed by atoms with Gasteiger partial charge in [0, 0.05) is 62.0 Å². The predicted molar refractivity (Wildman–Crippen MR) is 142 cm³/mol. The van der Waals surface area contributed by atoms with Gasteiger partial charge in [-0.1, -0.05) is 26.0 Å². The Labute approximate surface area is 216 Å². The van der Waals surface area contributed by atoms with Gasteiger partial charge >= 0.3 is 6.03 Å². The van der Waals surface area contributed by atoms with Crippen molar-refractivity contribution in [2.24, 2.45) is 11.8 Å². The van der Waals surface area contributed by atoms with E-state index in [0.29, 0.717) is 32.7 Å². The third kappa shape index (κ3) is 4.95. The summed E-state index contributed by atoms with van der Waals surface area (Å²) in [4.78, 5) is 40.4. The maximum absolute atomic E-state index is 13.2. The van der Waals surface area contributed by atoms with E-state index in [0.717, 1.165) is 28.8 Å². The van der Waals surface area contributed by atoms with E-state index >= 15 is 0 Å². The van der Waals surface area contributed by atoms with E-state index in [1.807, 2.05) is 59.8 Å². The van der Waals surface area contributed by atoms with Crippen LogP contribution in [0.5, 0.6) is 5.75 Å². The van der Waals surface area contributed by atoms with Gasteiger partial charge in [-0.05, 0) is 42.5 Å². The molecule has 4 heterocycles. The monoisotopic (exact) mass is 505 g/mol. The summed E-state index contributed by atoms with van der Waals surface area (Å²) in [6.07, 6.45) is 2.96. The summed E-state index contributed by atoms with van der Waals surface area (Å²) in [5.41, 5.74) is 2.06. The van der Waals surface area contributed by atoms with Crippen LogP contribution in [0.4, 0.5) is 4.79 Å². The number of hydrogen-bond donors (Lipinski definition) is 2. The Morgan fingerprint density at radius 3 is 2.68 bits per heavy atom. The second-order valence-electron chi connectivity index (χ2n) is 10.5. The van der Waals surface area contributed by atoms with Gasteiger partial charge in [0.05, 0.1) is 12.6 Å². The van der Waals surface area contributed by atoms with E-state index in [2.05, 4.69) is 15.2 Å². The third-order valence-corrected chi connectivity index (χ3v) is 7.64. The maximum atomic E-state index is 13.2. The molecule has 1 fully saturated rings. The van der Waals surface area contributed by atoms with Crippen LogP contribution in [0.3, 0.4) is 0 Å². The van der Waals surface area contributed by atoms with Crippen molar-refractivity contribution in [3.63, 3.8) is 0 Å². The SMILES string of the molecule is COc1cccc2c1ccn2CCNC(=O)[C@@H](NC(=O)N1CC2CC(C1)c1cccc(=O)n1C2)C(C)C. The minimum atomic E-state index is -0.634. The van der Waals surface area contributed by atoms with Crippen LogP contribution < -0.4 is 20.9 Å². The van der Waals surface area contributed by atoms with Gasteiger partial charge in [-0.2, -0.15) is 0 Å². The van der Waals surface area contributed by atoms with E-state index in [1.54, 1.807) is 19.2 Å². The van der Waals surface area contributed by atoms with Crippen LogP contribution in [0.25, 0.3) is 10.9 Å². The van der Waals surface area contributed by atoms with Crippen molar-refractivity contribution in [3.8, 4) is 5.75 Å². The van der Waals surface area contributed by atoms with Crippen molar-refractivity contribution in [2.75, 3.05) is 26.7 Å². The number of methoxy groups -OCH3 is 1. The van der Waals surface area contributed by atoms with Crippen LogP contribution in [0.1, 0.15) is 31.9 Å². The molecule has 9 nitrogen and oxygen atoms in total. The molecular weight excluding hydrogens is 470 g/mol. The Morgan fingerprint density at radius 1 is 1.08 bits per heavy atom. The summed E-state index contributed by atoms with van der Waals surface area (Å²) in [5.74, 6) is 0.933. The van der Waals surface area contributed by atoms with E-state index < -0.39 is 6.04 Å². The number of rotatable bonds is 7. The zero-order valence-corrected chi connectivity index (χ0v) is 21.6. The number of pyridine rings is 1. The summed E-state index contributed by atoms with van der Waals surface area (Å²) in [5, 5.41) is 7.01. The molecule has 9 heteroatoms. The Bertz CT molecular complexity index is 1360. The van der Waals surface area contributed by atoms with E-state index in [9.17, 15) is 14.4 Å². The van der Waals surface area contributed by atoms with Gasteiger partial charge < -0.3 is 29.4 Å². The first-order valence-electron chi connectivity index (χ1n) is 13.0. The van der Waals surface area contributed by atoms with Gasteiger partial charge in [-0.15, -0.1) is 0 Å². The lowest BCUT2D eigenvalue weighted by Gasteiger charge is -2.43. The summed E-state index contributed by atoms with van der Waals surface area (Å²) in [6, 6.07) is 12.4. The molecule has 1 aromatic carbocycles. The molecule has 3 amide bonds. The fourth-order valence-electron chi connectivity index (χ4n) is 5.80. The number of likely N-dealkylation sites (tertiary alicyclic amines) is 1. The first-order valence-corrected chi connectivity index (χ1v) is 13.0. The summed E-state index contributed by atoms with van der Waals surface area (Å²) < 4.78 is 9.36. The van der Waals surface area contributed by atoms with Crippen LogP contribution in [-0.4, -0.2) is 58.8 Å². The van der Waals surface area contributed by atoms with Crippen molar-refractivity contribution in [3.05, 3.63) is 64.7 Å². The molecule has 0 aliphatic carbocycles. The van der Waals surface area contributed by atoms with Gasteiger partial charge in [0.2, 0.25) is 5.91 Å². The fourth-order valence-corrected chi connectivity index (χ4v) is 5.80. The molecule has 0 radical (unpaired) electrons. The summed E-state index contributed by atoms with van der Waals surface area (Å²) in [6.45, 7) is 6.67. The Balaban J connectivity index is 1.19. The van der Waals surface area contributed by atoms with Crippen LogP contribution >= 0.6 is 0 Å². The lowest BCUT2D eigenvalue weighted by Crippen LogP contribution is -2.57. The second-order valence-corrected chi connectivity index (χ2v) is 10.5. The number of amides is 3. The Morgan fingerprint density at radius 2 is 1.89 bits per heavy atom. The number of ether oxygens (including phenoxy) is 1. The van der Waals surface area contributed by atoms with Crippen LogP contribution in [0.2, 0.25) is 0 Å². The summed E-state index contributed by atoms with van der Waals surface area (Å²) >= 11 is 0. The molecule has 2 bridgehead atoms. The average Bonchev–Trinajstić information content (AvgIpc) is 3.30. The zero-order valence-electron chi connectivity index (χ0n) is 21.6. The smallest absolute Gasteiger partial charge is 0.318 e. The second kappa shape index (κ2) is 10.3. The molecule has 3 aromatic rings. The highest BCUT2D eigenvalue weighted by molar-refractivity contribution is 5.88. The molecule has 2 unspecified atom stereocenters. The number of hydrogen-bond acceptors (Lipinski definition) is 4. The molecule has 2 aliphatic rings. The van der Waals surface area contributed by atoms with Gasteiger partial charge in [0.1, 0.15) is 11.8 Å². The average molecular weight is 506 g/mol. The minimum Gasteiger partial charge on any atom is -0.496 e. The number of aromatic nitrogens is 2. The topological polar surface area (TPSA) is 97.6 Å². The summed E-state index contributed by atoms with van der Waals surface area (Å²) in [7, 11) is 1.66. The standard InChI is InChI=1S/C28H35N5O4/c1-18(2)26(27(35)29-11-13-31-12-10-21-23(31)7-4-8-24(21)37-3)30-28(36)32-15-19-14-20(17-32)22-6-5-9-25(34)33(22)16-19/h4-10,12,18-20,26H,11,13-17H2,1-3H3,(H,29,35)(H,30,36)/t19?,20?,26-/m0/s1. The van der Waals surface area contributed by atoms with Gasteiger partial charge in [0.25, 0.3) is 5.56 Å². The molecule has 2 aromatic heterocycles. The van der Waals surface area contributed by atoms with Crippen molar-refractivity contribution in [2.45, 2.75) is 45.3 Å². The first-order chi connectivity index (χ1) is 17.9. The molecule has 2 N–H and O–H groups in total.